The van der Waals surface area contributed by atoms with Crippen molar-refractivity contribution >= 4 is 28.3 Å². The van der Waals surface area contributed by atoms with Crippen molar-refractivity contribution in [3.05, 3.63) is 11.1 Å². The number of rotatable bonds is 8. The topological polar surface area (TPSA) is 68.7 Å². The number of hydrogen-bond donors (Lipinski definition) is 0. The van der Waals surface area contributed by atoms with Crippen LogP contribution in [0.2, 0.25) is 0 Å². The van der Waals surface area contributed by atoms with Gasteiger partial charge in [-0.25, -0.2) is 9.78 Å². The lowest BCUT2D eigenvalue weighted by Gasteiger charge is -2.13. The molecular formula is C15H24N2O4S. The lowest BCUT2D eigenvalue weighted by Crippen LogP contribution is -2.24. The van der Waals surface area contributed by atoms with Crippen LogP contribution in [0.4, 0.5) is 5.13 Å². The summed E-state index contributed by atoms with van der Waals surface area (Å²) >= 11 is 1.33. The molecule has 0 aliphatic heterocycles. The maximum Gasteiger partial charge on any atom is 0.335 e. The summed E-state index contributed by atoms with van der Waals surface area (Å²) in [5, 5.41) is 2.35. The Balaban J connectivity index is 2.39. The van der Waals surface area contributed by atoms with Crippen LogP contribution in [0.25, 0.3) is 0 Å². The number of carbonyl (C=O) groups is 2. The van der Waals surface area contributed by atoms with Gasteiger partial charge in [-0.2, -0.15) is 0 Å². The van der Waals surface area contributed by atoms with Crippen LogP contribution in [0.5, 0.6) is 0 Å². The predicted octanol–water partition coefficient (Wildman–Crippen LogP) is 2.62. The minimum Gasteiger partial charge on any atom is -0.457 e. The number of esters is 1. The van der Waals surface area contributed by atoms with Crippen LogP contribution < -0.4 is 4.90 Å². The highest BCUT2D eigenvalue weighted by atomic mass is 32.1. The van der Waals surface area contributed by atoms with Crippen molar-refractivity contribution in [1.29, 1.82) is 0 Å². The van der Waals surface area contributed by atoms with Crippen LogP contribution in [-0.4, -0.2) is 36.6 Å². The number of aromatic nitrogens is 1. The Labute approximate surface area is 135 Å². The lowest BCUT2D eigenvalue weighted by atomic mass is 10.1. The van der Waals surface area contributed by atoms with Crippen LogP contribution in [0, 0.1) is 5.92 Å². The molecule has 1 atom stereocenters. The average Bonchev–Trinajstić information content (AvgIpc) is 2.91. The summed E-state index contributed by atoms with van der Waals surface area (Å²) in [7, 11) is 1.65. The van der Waals surface area contributed by atoms with Crippen molar-refractivity contribution in [1.82, 2.24) is 4.98 Å². The van der Waals surface area contributed by atoms with Gasteiger partial charge in [0.25, 0.3) is 0 Å². The summed E-state index contributed by atoms with van der Waals surface area (Å²) in [6.07, 6.45) is 0.321. The molecule has 0 aliphatic rings. The van der Waals surface area contributed by atoms with E-state index in [1.807, 2.05) is 0 Å². The first-order chi connectivity index (χ1) is 10.3. The molecule has 0 aliphatic carbocycles. The van der Waals surface area contributed by atoms with E-state index in [2.05, 4.69) is 18.8 Å². The van der Waals surface area contributed by atoms with Gasteiger partial charge in [-0.1, -0.05) is 13.8 Å². The fraction of sp³-hybridized carbons (Fsp3) is 0.667. The molecule has 1 aromatic rings. The van der Waals surface area contributed by atoms with Crippen molar-refractivity contribution < 1.29 is 19.1 Å². The fourth-order valence-electron chi connectivity index (χ4n) is 1.46. The van der Waals surface area contributed by atoms with Gasteiger partial charge in [0.1, 0.15) is 6.61 Å². The molecule has 0 bridgehead atoms. The SMILES string of the molecule is CC(=O)N(C)c1nc(COC(=O)C(C)OCCC(C)C)cs1. The highest BCUT2D eigenvalue weighted by Crippen LogP contribution is 2.20. The predicted molar refractivity (Wildman–Crippen MR) is 85.9 cm³/mol. The van der Waals surface area contributed by atoms with Gasteiger partial charge in [-0.3, -0.25) is 9.69 Å². The zero-order valence-electron chi connectivity index (χ0n) is 13.8. The van der Waals surface area contributed by atoms with E-state index in [1.54, 1.807) is 19.4 Å². The summed E-state index contributed by atoms with van der Waals surface area (Å²) in [6, 6.07) is 0. The molecule has 1 unspecified atom stereocenters. The second kappa shape index (κ2) is 8.85. The molecule has 1 rings (SSSR count). The first-order valence-corrected chi connectivity index (χ1v) is 8.16. The molecule has 1 aromatic heterocycles. The number of ether oxygens (including phenoxy) is 2. The van der Waals surface area contributed by atoms with E-state index in [9.17, 15) is 9.59 Å². The molecule has 7 heteroatoms. The smallest absolute Gasteiger partial charge is 0.335 e. The molecule has 1 amide bonds. The number of nitrogens with zero attached hydrogens (tertiary/aromatic N) is 2. The van der Waals surface area contributed by atoms with E-state index in [4.69, 9.17) is 9.47 Å². The molecule has 0 spiro atoms. The quantitative estimate of drug-likeness (QED) is 0.686. The lowest BCUT2D eigenvalue weighted by molar-refractivity contribution is -0.157. The third kappa shape index (κ3) is 6.11. The van der Waals surface area contributed by atoms with Gasteiger partial charge in [0.2, 0.25) is 5.91 Å². The summed E-state index contributed by atoms with van der Waals surface area (Å²) in [5.74, 6) is 0.0400. The molecule has 0 fully saturated rings. The van der Waals surface area contributed by atoms with Crippen molar-refractivity contribution in [3.8, 4) is 0 Å². The molecule has 6 nitrogen and oxygen atoms in total. The minimum atomic E-state index is -0.586. The average molecular weight is 328 g/mol. The maximum atomic E-state index is 11.8. The van der Waals surface area contributed by atoms with Crippen molar-refractivity contribution in [2.24, 2.45) is 5.92 Å². The largest absolute Gasteiger partial charge is 0.457 e. The Morgan fingerprint density at radius 1 is 1.36 bits per heavy atom. The highest BCUT2D eigenvalue weighted by Gasteiger charge is 2.16. The second-order valence-corrected chi connectivity index (χ2v) is 6.34. The zero-order valence-corrected chi connectivity index (χ0v) is 14.6. The molecule has 0 aromatic carbocycles. The first kappa shape index (κ1) is 18.6. The molecule has 1 heterocycles. The van der Waals surface area contributed by atoms with E-state index in [0.717, 1.165) is 6.42 Å². The Morgan fingerprint density at radius 2 is 2.05 bits per heavy atom. The first-order valence-electron chi connectivity index (χ1n) is 7.28. The Hall–Kier alpha value is -1.47. The standard InChI is InChI=1S/C15H24N2O4S/c1-10(2)6-7-20-11(3)14(19)21-8-13-9-22-15(16-13)17(5)12(4)18/h9-11H,6-8H2,1-5H3. The van der Waals surface area contributed by atoms with Crippen LogP contribution >= 0.6 is 11.3 Å². The molecule has 0 saturated heterocycles. The zero-order chi connectivity index (χ0) is 16.7. The van der Waals surface area contributed by atoms with E-state index < -0.39 is 12.1 Å². The monoisotopic (exact) mass is 328 g/mol. The van der Waals surface area contributed by atoms with Crippen LogP contribution in [0.3, 0.4) is 0 Å². The maximum absolute atomic E-state index is 11.8. The van der Waals surface area contributed by atoms with Gasteiger partial charge in [0.15, 0.2) is 11.2 Å². The number of thiazole rings is 1. The van der Waals surface area contributed by atoms with Crippen molar-refractivity contribution in [2.75, 3.05) is 18.6 Å². The number of anilines is 1. The van der Waals surface area contributed by atoms with Crippen molar-refractivity contribution in [2.45, 2.75) is 46.8 Å². The van der Waals surface area contributed by atoms with E-state index in [0.29, 0.717) is 23.4 Å². The summed E-state index contributed by atoms with van der Waals surface area (Å²) < 4.78 is 10.6. The Bertz CT molecular complexity index is 501. The Kier molecular flexibility index (Phi) is 7.47. The van der Waals surface area contributed by atoms with Gasteiger partial charge < -0.3 is 9.47 Å². The normalized spacial score (nSPS) is 12.3. The van der Waals surface area contributed by atoms with Crippen LogP contribution in [-0.2, 0) is 25.7 Å². The molecular weight excluding hydrogens is 304 g/mol. The molecule has 0 saturated carbocycles. The number of hydrogen-bond acceptors (Lipinski definition) is 6. The highest BCUT2D eigenvalue weighted by molar-refractivity contribution is 7.14. The van der Waals surface area contributed by atoms with E-state index in [-0.39, 0.29) is 12.5 Å². The van der Waals surface area contributed by atoms with Gasteiger partial charge >= 0.3 is 5.97 Å². The van der Waals surface area contributed by atoms with Crippen LogP contribution in [0.15, 0.2) is 5.38 Å². The minimum absolute atomic E-state index is 0.0823. The Morgan fingerprint density at radius 3 is 2.64 bits per heavy atom. The summed E-state index contributed by atoms with van der Waals surface area (Å²) in [6.45, 7) is 7.97. The molecule has 22 heavy (non-hydrogen) atoms. The van der Waals surface area contributed by atoms with Crippen LogP contribution in [0.1, 0.15) is 39.8 Å². The number of amides is 1. The van der Waals surface area contributed by atoms with Crippen molar-refractivity contribution in [3.63, 3.8) is 0 Å². The van der Waals surface area contributed by atoms with Gasteiger partial charge in [0, 0.05) is 26.0 Å². The number of carbonyl (C=O) groups excluding carboxylic acids is 2. The molecule has 0 N–H and O–H groups in total. The van der Waals surface area contributed by atoms with E-state index in [1.165, 1.54) is 23.2 Å². The fourth-order valence-corrected chi connectivity index (χ4v) is 2.28. The van der Waals surface area contributed by atoms with Gasteiger partial charge in [0.05, 0.1) is 5.69 Å². The molecule has 0 radical (unpaired) electrons. The van der Waals surface area contributed by atoms with Gasteiger partial charge in [-0.15, -0.1) is 11.3 Å². The van der Waals surface area contributed by atoms with Gasteiger partial charge in [-0.05, 0) is 19.3 Å². The molecule has 124 valence electrons. The summed E-state index contributed by atoms with van der Waals surface area (Å²) in [5.41, 5.74) is 0.621. The summed E-state index contributed by atoms with van der Waals surface area (Å²) in [4.78, 5) is 28.8. The third-order valence-corrected chi connectivity index (χ3v) is 4.02. The van der Waals surface area contributed by atoms with E-state index >= 15 is 0 Å². The second-order valence-electron chi connectivity index (χ2n) is 5.50. The third-order valence-electron chi connectivity index (χ3n) is 3.06.